The summed E-state index contributed by atoms with van der Waals surface area (Å²) in [5.41, 5.74) is 2.19. The highest BCUT2D eigenvalue weighted by Crippen LogP contribution is 2.23. The van der Waals surface area contributed by atoms with Gasteiger partial charge in [-0.15, -0.1) is 0 Å². The zero-order chi connectivity index (χ0) is 17.3. The summed E-state index contributed by atoms with van der Waals surface area (Å²) in [5.74, 6) is 6.07. The number of hydrogen-bond acceptors (Lipinski definition) is 4. The Bertz CT molecular complexity index is 689. The normalized spacial score (nSPS) is 15.2. The summed E-state index contributed by atoms with van der Waals surface area (Å²) >= 11 is 0. The number of carbonyl (C=O) groups excluding carboxylic acids is 1. The topological polar surface area (TPSA) is 54.9 Å². The Balaban J connectivity index is 0.000000219. The molecule has 1 aliphatic heterocycles. The van der Waals surface area contributed by atoms with Crippen molar-refractivity contribution in [2.45, 2.75) is 26.7 Å². The minimum absolute atomic E-state index is 0.172. The molecular formula is C20H23N3O. The lowest BCUT2D eigenvalue weighted by molar-refractivity contribution is 0.111. The van der Waals surface area contributed by atoms with Crippen LogP contribution in [0.5, 0.6) is 0 Å². The molecule has 4 nitrogen and oxygen atoms in total. The Labute approximate surface area is 143 Å². The second-order valence-corrected chi connectivity index (χ2v) is 6.51. The predicted octanol–water partition coefficient (Wildman–Crippen LogP) is 3.08. The Morgan fingerprint density at radius 1 is 1.08 bits per heavy atom. The maximum atomic E-state index is 10.3. The SMILES string of the molecule is CC1(C)CCCNC1.O=Cc1ncc(C#Cc2ccccc2)cn1. The van der Waals surface area contributed by atoms with Crippen LogP contribution in [0.2, 0.25) is 0 Å². The number of aromatic nitrogens is 2. The van der Waals surface area contributed by atoms with Crippen LogP contribution in [0.25, 0.3) is 0 Å². The van der Waals surface area contributed by atoms with E-state index in [-0.39, 0.29) is 5.82 Å². The highest BCUT2D eigenvalue weighted by atomic mass is 16.1. The second-order valence-electron chi connectivity index (χ2n) is 6.51. The van der Waals surface area contributed by atoms with Crippen molar-refractivity contribution in [2.24, 2.45) is 5.41 Å². The maximum Gasteiger partial charge on any atom is 0.192 e. The highest BCUT2D eigenvalue weighted by Gasteiger charge is 2.19. The van der Waals surface area contributed by atoms with E-state index in [0.29, 0.717) is 17.3 Å². The average molecular weight is 321 g/mol. The zero-order valence-electron chi connectivity index (χ0n) is 14.2. The molecule has 2 aromatic rings. The monoisotopic (exact) mass is 321 g/mol. The van der Waals surface area contributed by atoms with Gasteiger partial charge in [-0.1, -0.05) is 43.9 Å². The van der Waals surface area contributed by atoms with Crippen LogP contribution < -0.4 is 5.32 Å². The summed E-state index contributed by atoms with van der Waals surface area (Å²) in [5, 5.41) is 3.38. The first-order valence-corrected chi connectivity index (χ1v) is 8.14. The minimum Gasteiger partial charge on any atom is -0.316 e. The third-order valence-corrected chi connectivity index (χ3v) is 3.71. The van der Waals surface area contributed by atoms with Crippen molar-refractivity contribution in [1.29, 1.82) is 0 Å². The van der Waals surface area contributed by atoms with Gasteiger partial charge in [0.25, 0.3) is 0 Å². The summed E-state index contributed by atoms with van der Waals surface area (Å²) < 4.78 is 0. The van der Waals surface area contributed by atoms with Crippen molar-refractivity contribution in [3.8, 4) is 11.8 Å². The van der Waals surface area contributed by atoms with Gasteiger partial charge in [0.15, 0.2) is 12.1 Å². The first-order chi connectivity index (χ1) is 11.6. The fraction of sp³-hybridized carbons (Fsp3) is 0.350. The van der Waals surface area contributed by atoms with E-state index in [1.807, 2.05) is 30.3 Å². The summed E-state index contributed by atoms with van der Waals surface area (Å²) in [7, 11) is 0. The average Bonchev–Trinajstić information content (AvgIpc) is 2.62. The molecule has 1 aliphatic rings. The third-order valence-electron chi connectivity index (χ3n) is 3.71. The largest absolute Gasteiger partial charge is 0.316 e. The Morgan fingerprint density at radius 3 is 2.25 bits per heavy atom. The number of carbonyl (C=O) groups is 1. The predicted molar refractivity (Wildman–Crippen MR) is 95.7 cm³/mol. The first-order valence-electron chi connectivity index (χ1n) is 8.14. The van der Waals surface area contributed by atoms with Gasteiger partial charge in [0.1, 0.15) is 0 Å². The van der Waals surface area contributed by atoms with Gasteiger partial charge < -0.3 is 5.32 Å². The molecule has 0 radical (unpaired) electrons. The smallest absolute Gasteiger partial charge is 0.192 e. The minimum atomic E-state index is 0.172. The van der Waals surface area contributed by atoms with Crippen molar-refractivity contribution in [3.05, 3.63) is 59.7 Å². The van der Waals surface area contributed by atoms with E-state index in [4.69, 9.17) is 0 Å². The molecule has 1 saturated heterocycles. The van der Waals surface area contributed by atoms with E-state index in [2.05, 4.69) is 41.0 Å². The molecule has 0 bridgehead atoms. The van der Waals surface area contributed by atoms with Crippen LogP contribution in [0.4, 0.5) is 0 Å². The molecular weight excluding hydrogens is 298 g/mol. The van der Waals surface area contributed by atoms with Crippen LogP contribution in [0.1, 0.15) is 48.4 Å². The van der Waals surface area contributed by atoms with Crippen LogP contribution in [0.15, 0.2) is 42.7 Å². The molecule has 124 valence electrons. The van der Waals surface area contributed by atoms with Gasteiger partial charge in [0.05, 0.1) is 5.56 Å². The molecule has 0 spiro atoms. The lowest BCUT2D eigenvalue weighted by atomic mass is 9.85. The van der Waals surface area contributed by atoms with Crippen molar-refractivity contribution in [2.75, 3.05) is 13.1 Å². The number of nitrogens with one attached hydrogen (secondary N) is 1. The molecule has 1 N–H and O–H groups in total. The van der Waals surface area contributed by atoms with Gasteiger partial charge in [-0.25, -0.2) is 9.97 Å². The van der Waals surface area contributed by atoms with Crippen LogP contribution in [-0.4, -0.2) is 29.3 Å². The lowest BCUT2D eigenvalue weighted by Gasteiger charge is -2.29. The first kappa shape index (κ1) is 17.8. The summed E-state index contributed by atoms with van der Waals surface area (Å²) in [6, 6.07) is 9.64. The van der Waals surface area contributed by atoms with E-state index >= 15 is 0 Å². The second kappa shape index (κ2) is 8.95. The summed E-state index contributed by atoms with van der Waals surface area (Å²) in [6.45, 7) is 7.06. The fourth-order valence-corrected chi connectivity index (χ4v) is 2.34. The maximum absolute atomic E-state index is 10.3. The number of rotatable bonds is 1. The molecule has 3 rings (SSSR count). The fourth-order valence-electron chi connectivity index (χ4n) is 2.34. The van der Waals surface area contributed by atoms with Gasteiger partial charge in [0, 0.05) is 24.5 Å². The van der Waals surface area contributed by atoms with E-state index in [0.717, 1.165) is 5.56 Å². The van der Waals surface area contributed by atoms with Crippen LogP contribution in [0.3, 0.4) is 0 Å². The quantitative estimate of drug-likeness (QED) is 0.648. The molecule has 0 aliphatic carbocycles. The van der Waals surface area contributed by atoms with Crippen LogP contribution in [-0.2, 0) is 0 Å². The van der Waals surface area contributed by atoms with E-state index < -0.39 is 0 Å². The summed E-state index contributed by atoms with van der Waals surface area (Å²) in [4.78, 5) is 18.0. The number of piperidine rings is 1. The molecule has 1 aromatic carbocycles. The van der Waals surface area contributed by atoms with E-state index in [1.165, 1.54) is 38.3 Å². The van der Waals surface area contributed by atoms with Crippen LogP contribution in [0, 0.1) is 17.3 Å². The van der Waals surface area contributed by atoms with E-state index in [9.17, 15) is 4.79 Å². The third kappa shape index (κ3) is 6.31. The number of hydrogen-bond donors (Lipinski definition) is 1. The van der Waals surface area contributed by atoms with Gasteiger partial charge in [-0.2, -0.15) is 0 Å². The number of aldehydes is 1. The van der Waals surface area contributed by atoms with Crippen molar-refractivity contribution in [1.82, 2.24) is 15.3 Å². The van der Waals surface area contributed by atoms with Crippen LogP contribution >= 0.6 is 0 Å². The van der Waals surface area contributed by atoms with Gasteiger partial charge in [-0.3, -0.25) is 4.79 Å². The molecule has 2 heterocycles. The van der Waals surface area contributed by atoms with Crippen molar-refractivity contribution in [3.63, 3.8) is 0 Å². The molecule has 24 heavy (non-hydrogen) atoms. The number of benzene rings is 1. The molecule has 0 unspecified atom stereocenters. The molecule has 1 fully saturated rings. The van der Waals surface area contributed by atoms with Crippen molar-refractivity contribution >= 4 is 6.29 Å². The molecule has 0 amide bonds. The molecule has 0 saturated carbocycles. The standard InChI is InChI=1S/C13H8N2O.C7H15N/c16-10-13-14-8-12(9-15-13)7-6-11-4-2-1-3-5-11;1-7(2)4-3-5-8-6-7/h1-5,8-10H;8H,3-6H2,1-2H3. The number of nitrogens with zero attached hydrogens (tertiary/aromatic N) is 2. The lowest BCUT2D eigenvalue weighted by Crippen LogP contribution is -2.35. The highest BCUT2D eigenvalue weighted by molar-refractivity contribution is 5.68. The Morgan fingerprint density at radius 2 is 1.75 bits per heavy atom. The molecule has 1 aromatic heterocycles. The van der Waals surface area contributed by atoms with Gasteiger partial charge in [0.2, 0.25) is 0 Å². The Kier molecular flexibility index (Phi) is 6.65. The summed E-state index contributed by atoms with van der Waals surface area (Å²) in [6.07, 6.45) is 6.42. The zero-order valence-corrected chi connectivity index (χ0v) is 14.2. The molecule has 4 heteroatoms. The van der Waals surface area contributed by atoms with E-state index in [1.54, 1.807) is 0 Å². The van der Waals surface area contributed by atoms with Gasteiger partial charge in [-0.05, 0) is 36.9 Å². The Hall–Kier alpha value is -2.51. The van der Waals surface area contributed by atoms with Gasteiger partial charge >= 0.3 is 0 Å². The molecule has 0 atom stereocenters. The van der Waals surface area contributed by atoms with Crippen molar-refractivity contribution < 1.29 is 4.79 Å².